The molecule has 0 aliphatic carbocycles. The number of rotatable bonds is 3. The molecule has 1 aromatic rings. The van der Waals surface area contributed by atoms with Crippen LogP contribution in [0, 0.1) is 17.7 Å². The lowest BCUT2D eigenvalue weighted by molar-refractivity contribution is 0.354. The maximum absolute atomic E-state index is 12.5. The Labute approximate surface area is 79.6 Å². The molecule has 4 heteroatoms. The zero-order valence-electron chi connectivity index (χ0n) is 6.61. The van der Waals surface area contributed by atoms with Crippen LogP contribution in [0.1, 0.15) is 0 Å². The first-order chi connectivity index (χ1) is 6.09. The van der Waals surface area contributed by atoms with E-state index in [0.29, 0.717) is 0 Å². The predicted octanol–water partition coefficient (Wildman–Crippen LogP) is 2.90. The predicted molar refractivity (Wildman–Crippen MR) is 45.7 cm³/mol. The highest BCUT2D eigenvalue weighted by molar-refractivity contribution is 6.29. The number of halogens is 3. The summed E-state index contributed by atoms with van der Waals surface area (Å²) in [4.78, 5) is 0. The van der Waals surface area contributed by atoms with Crippen LogP contribution in [0.5, 0.6) is 5.75 Å². The molecule has 0 fully saturated rings. The molecule has 69 valence electrons. The monoisotopic (exact) mass is 203 g/mol. The Kier molecular flexibility index (Phi) is 3.25. The van der Waals surface area contributed by atoms with E-state index in [0.717, 1.165) is 6.07 Å². The summed E-state index contributed by atoms with van der Waals surface area (Å²) in [6.07, 6.45) is 0. The molecule has 1 rings (SSSR count). The summed E-state index contributed by atoms with van der Waals surface area (Å²) in [5.41, 5.74) is 0. The topological polar surface area (TPSA) is 9.23 Å². The van der Waals surface area contributed by atoms with Crippen molar-refractivity contribution in [3.8, 4) is 5.75 Å². The molecule has 1 radical (unpaired) electrons. The number of hydrogen-bond acceptors (Lipinski definition) is 1. The van der Waals surface area contributed by atoms with Gasteiger partial charge in [-0.1, -0.05) is 18.2 Å². The van der Waals surface area contributed by atoms with Gasteiger partial charge in [-0.25, -0.2) is 8.78 Å². The summed E-state index contributed by atoms with van der Waals surface area (Å²) in [6.45, 7) is 3.41. The normalized spacial score (nSPS) is 9.77. The maximum atomic E-state index is 12.5. The van der Waals surface area contributed by atoms with Crippen molar-refractivity contribution in [2.45, 2.75) is 0 Å². The van der Waals surface area contributed by atoms with Gasteiger partial charge in [0.25, 0.3) is 0 Å². The van der Waals surface area contributed by atoms with Gasteiger partial charge in [0.05, 0.1) is 6.07 Å². The van der Waals surface area contributed by atoms with Crippen LogP contribution in [0.15, 0.2) is 23.7 Å². The fourth-order valence-corrected chi connectivity index (χ4v) is 0.726. The zero-order valence-corrected chi connectivity index (χ0v) is 7.37. The van der Waals surface area contributed by atoms with Crippen LogP contribution < -0.4 is 4.74 Å². The van der Waals surface area contributed by atoms with Gasteiger partial charge in [-0.15, -0.1) is 0 Å². The Morgan fingerprint density at radius 2 is 2.23 bits per heavy atom. The van der Waals surface area contributed by atoms with Gasteiger partial charge >= 0.3 is 0 Å². The van der Waals surface area contributed by atoms with Crippen LogP contribution in [-0.4, -0.2) is 6.61 Å². The van der Waals surface area contributed by atoms with Gasteiger partial charge in [-0.05, 0) is 12.1 Å². The van der Waals surface area contributed by atoms with Crippen molar-refractivity contribution in [2.24, 2.45) is 0 Å². The molecule has 1 nitrogen and oxygen atoms in total. The lowest BCUT2D eigenvalue weighted by atomic mass is 10.3. The quantitative estimate of drug-likeness (QED) is 0.734. The molecule has 0 aromatic heterocycles. The van der Waals surface area contributed by atoms with Crippen molar-refractivity contribution in [3.63, 3.8) is 0 Å². The second kappa shape index (κ2) is 4.23. The molecule has 0 spiro atoms. The van der Waals surface area contributed by atoms with Crippen LogP contribution >= 0.6 is 11.6 Å². The number of benzene rings is 1. The average molecular weight is 204 g/mol. The fourth-order valence-electron chi connectivity index (χ4n) is 0.672. The minimum atomic E-state index is -1.07. The van der Waals surface area contributed by atoms with Gasteiger partial charge in [0, 0.05) is 5.03 Å². The van der Waals surface area contributed by atoms with Gasteiger partial charge in [0.2, 0.25) is 0 Å². The first-order valence-electron chi connectivity index (χ1n) is 3.43. The van der Waals surface area contributed by atoms with E-state index in [1.807, 2.05) is 0 Å². The minimum absolute atomic E-state index is 0.0448. The third-order valence-corrected chi connectivity index (χ3v) is 1.32. The zero-order chi connectivity index (χ0) is 9.84. The maximum Gasteiger partial charge on any atom is 0.170 e. The molecule has 0 heterocycles. The van der Waals surface area contributed by atoms with Crippen LogP contribution in [0.3, 0.4) is 0 Å². The van der Waals surface area contributed by atoms with Crippen molar-refractivity contribution in [3.05, 3.63) is 41.4 Å². The van der Waals surface area contributed by atoms with Crippen LogP contribution in [0.4, 0.5) is 8.78 Å². The van der Waals surface area contributed by atoms with E-state index in [1.54, 1.807) is 0 Å². The Hall–Kier alpha value is -1.09. The third kappa shape index (κ3) is 3.03. The van der Waals surface area contributed by atoms with Crippen LogP contribution in [-0.2, 0) is 0 Å². The molecule has 0 aliphatic rings. The van der Waals surface area contributed by atoms with Gasteiger partial charge in [0.1, 0.15) is 12.4 Å². The molecule has 0 aliphatic heterocycles. The lowest BCUT2D eigenvalue weighted by Crippen LogP contribution is -1.97. The summed E-state index contributed by atoms with van der Waals surface area (Å²) in [5, 5.41) is 0.276. The Bertz CT molecular complexity index is 325. The van der Waals surface area contributed by atoms with E-state index >= 15 is 0 Å². The van der Waals surface area contributed by atoms with Crippen molar-refractivity contribution < 1.29 is 13.5 Å². The molecule has 1 aromatic carbocycles. The molecular weight excluding hydrogens is 198 g/mol. The fraction of sp³-hybridized carbons (Fsp3) is 0.111. The molecule has 0 bridgehead atoms. The standard InChI is InChI=1S/C9H6ClF2O/c1-6(10)5-13-7-2-3-8(11)9(12)4-7/h2-3H,1,5H2. The summed E-state index contributed by atoms with van der Waals surface area (Å²) in [5.74, 6) is -1.93. The molecule has 0 N–H and O–H groups in total. The smallest absolute Gasteiger partial charge is 0.170 e. The third-order valence-electron chi connectivity index (χ3n) is 1.21. The van der Waals surface area contributed by atoms with Crippen molar-refractivity contribution in [1.29, 1.82) is 0 Å². The van der Waals surface area contributed by atoms with E-state index < -0.39 is 11.6 Å². The number of ether oxygens (including phenoxy) is 1. The average Bonchev–Trinajstić information content (AvgIpc) is 2.07. The van der Waals surface area contributed by atoms with Crippen molar-refractivity contribution in [1.82, 2.24) is 0 Å². The SMILES string of the molecule is C=C(Cl)COc1[c]c(F)c(F)cc1. The second-order valence-electron chi connectivity index (χ2n) is 2.29. The van der Waals surface area contributed by atoms with Crippen molar-refractivity contribution in [2.75, 3.05) is 6.61 Å². The summed E-state index contributed by atoms with van der Waals surface area (Å²) >= 11 is 5.40. The Morgan fingerprint density at radius 1 is 1.54 bits per heavy atom. The van der Waals surface area contributed by atoms with Gasteiger partial charge < -0.3 is 4.74 Å². The van der Waals surface area contributed by atoms with E-state index in [4.69, 9.17) is 16.3 Å². The summed E-state index contributed by atoms with van der Waals surface area (Å²) in [6, 6.07) is 4.29. The molecule has 0 saturated heterocycles. The van der Waals surface area contributed by atoms with E-state index in [-0.39, 0.29) is 17.4 Å². The number of hydrogen-bond donors (Lipinski definition) is 0. The highest BCUT2D eigenvalue weighted by Crippen LogP contribution is 2.15. The molecule has 0 amide bonds. The Balaban J connectivity index is 2.68. The van der Waals surface area contributed by atoms with Gasteiger partial charge in [0.15, 0.2) is 11.6 Å². The van der Waals surface area contributed by atoms with Crippen molar-refractivity contribution >= 4 is 11.6 Å². The molecule has 0 unspecified atom stereocenters. The molecule has 0 atom stereocenters. The van der Waals surface area contributed by atoms with E-state index in [1.165, 1.54) is 6.07 Å². The highest BCUT2D eigenvalue weighted by atomic mass is 35.5. The van der Waals surface area contributed by atoms with Gasteiger partial charge in [-0.2, -0.15) is 0 Å². The first-order valence-corrected chi connectivity index (χ1v) is 3.81. The second-order valence-corrected chi connectivity index (χ2v) is 2.82. The summed E-state index contributed by atoms with van der Waals surface area (Å²) in [7, 11) is 0. The Morgan fingerprint density at radius 3 is 2.77 bits per heavy atom. The van der Waals surface area contributed by atoms with Crippen LogP contribution in [0.2, 0.25) is 0 Å². The van der Waals surface area contributed by atoms with E-state index in [9.17, 15) is 8.78 Å². The first kappa shape index (κ1) is 9.99. The van der Waals surface area contributed by atoms with E-state index in [2.05, 4.69) is 12.6 Å². The molecule has 13 heavy (non-hydrogen) atoms. The molecular formula is C9H6ClF2O. The highest BCUT2D eigenvalue weighted by Gasteiger charge is 2.03. The molecule has 0 saturated carbocycles. The van der Waals surface area contributed by atoms with Gasteiger partial charge in [-0.3, -0.25) is 0 Å². The lowest BCUT2D eigenvalue weighted by Gasteiger charge is -2.03. The minimum Gasteiger partial charge on any atom is -0.487 e. The van der Waals surface area contributed by atoms with Crippen LogP contribution in [0.25, 0.3) is 0 Å². The largest absolute Gasteiger partial charge is 0.487 e. The summed E-state index contributed by atoms with van der Waals surface area (Å²) < 4.78 is 29.8.